The van der Waals surface area contributed by atoms with Gasteiger partial charge in [-0.2, -0.15) is 5.26 Å². The Bertz CT molecular complexity index is 839. The van der Waals surface area contributed by atoms with Crippen molar-refractivity contribution in [3.8, 4) is 6.07 Å². The average molecular weight is 352 g/mol. The molecule has 1 amide bonds. The number of nitrogens with one attached hydrogen (secondary N) is 2. The number of aromatic nitrogens is 1. The van der Waals surface area contributed by atoms with Crippen LogP contribution in [0.2, 0.25) is 0 Å². The first-order chi connectivity index (χ1) is 12.6. The van der Waals surface area contributed by atoms with Crippen LogP contribution in [0.25, 0.3) is 10.9 Å². The summed E-state index contributed by atoms with van der Waals surface area (Å²) in [7, 11) is 0. The fraction of sp³-hybridized carbons (Fsp3) is 0.400. The second-order valence-corrected chi connectivity index (χ2v) is 6.70. The smallest absolute Gasteiger partial charge is 0.266 e. The lowest BCUT2D eigenvalue weighted by molar-refractivity contribution is -0.138. The molecule has 2 N–H and O–H groups in total. The maximum Gasteiger partial charge on any atom is 0.266 e. The number of amides is 1. The van der Waals surface area contributed by atoms with Crippen LogP contribution in [0.3, 0.4) is 0 Å². The number of rotatable bonds is 5. The number of hydrogen-bond donors (Lipinski definition) is 2. The van der Waals surface area contributed by atoms with Gasteiger partial charge in [-0.3, -0.25) is 4.79 Å². The molecule has 1 aromatic heterocycles. The van der Waals surface area contributed by atoms with Gasteiger partial charge in [0.25, 0.3) is 5.91 Å². The van der Waals surface area contributed by atoms with Gasteiger partial charge in [0.1, 0.15) is 11.6 Å². The van der Waals surface area contributed by atoms with E-state index in [-0.39, 0.29) is 23.7 Å². The van der Waals surface area contributed by atoms with Crippen LogP contribution in [-0.2, 0) is 16.0 Å². The fourth-order valence-electron chi connectivity index (χ4n) is 3.38. The molecule has 0 bridgehead atoms. The summed E-state index contributed by atoms with van der Waals surface area (Å²) in [4.78, 5) is 17.5. The summed E-state index contributed by atoms with van der Waals surface area (Å²) < 4.78 is 5.64. The van der Waals surface area contributed by atoms with Crippen LogP contribution in [0, 0.1) is 11.3 Å². The molecule has 2 heterocycles. The van der Waals surface area contributed by atoms with Gasteiger partial charge >= 0.3 is 0 Å². The second-order valence-electron chi connectivity index (χ2n) is 6.70. The number of hydrogen-bond acceptors (Lipinski definition) is 4. The minimum Gasteiger partial charge on any atom is -0.389 e. The van der Waals surface area contributed by atoms with Gasteiger partial charge in [0.2, 0.25) is 0 Å². The van der Waals surface area contributed by atoms with Crippen LogP contribution in [0.5, 0.6) is 0 Å². The quantitative estimate of drug-likeness (QED) is 0.492. The van der Waals surface area contributed by atoms with Crippen LogP contribution in [0.4, 0.5) is 0 Å². The van der Waals surface area contributed by atoms with Gasteiger partial charge in [-0.05, 0) is 31.9 Å². The molecule has 26 heavy (non-hydrogen) atoms. The molecule has 3 rings (SSSR count). The Balaban J connectivity index is 1.57. The molecular weight excluding hydrogens is 328 g/mol. The summed E-state index contributed by atoms with van der Waals surface area (Å²) in [5.41, 5.74) is 2.45. The van der Waals surface area contributed by atoms with E-state index in [1.54, 1.807) is 4.90 Å². The number of para-hydroxylation sites is 1. The third-order valence-corrected chi connectivity index (χ3v) is 4.52. The molecular formula is C20H24N4O2. The number of benzene rings is 1. The summed E-state index contributed by atoms with van der Waals surface area (Å²) in [6, 6.07) is 10.2. The zero-order valence-electron chi connectivity index (χ0n) is 15.2. The van der Waals surface area contributed by atoms with Crippen molar-refractivity contribution in [1.82, 2.24) is 15.2 Å². The SMILES string of the molecule is CC1CN(C(=O)/C(C#N)=C\NCCc2c[nH]c3ccccc23)CC(C)O1. The van der Waals surface area contributed by atoms with Crippen molar-refractivity contribution < 1.29 is 9.53 Å². The van der Waals surface area contributed by atoms with Crippen LogP contribution in [0.15, 0.2) is 42.2 Å². The molecule has 0 aliphatic carbocycles. The van der Waals surface area contributed by atoms with Crippen molar-refractivity contribution >= 4 is 16.8 Å². The number of morpholine rings is 1. The molecule has 1 saturated heterocycles. The second kappa shape index (κ2) is 8.07. The molecule has 0 radical (unpaired) electrons. The number of carbonyl (C=O) groups excluding carboxylic acids is 1. The first-order valence-corrected chi connectivity index (χ1v) is 8.92. The van der Waals surface area contributed by atoms with Gasteiger partial charge in [0, 0.05) is 42.9 Å². The lowest BCUT2D eigenvalue weighted by atomic mass is 10.1. The van der Waals surface area contributed by atoms with E-state index >= 15 is 0 Å². The lowest BCUT2D eigenvalue weighted by Gasteiger charge is -2.35. The summed E-state index contributed by atoms with van der Waals surface area (Å²) >= 11 is 0. The highest BCUT2D eigenvalue weighted by molar-refractivity contribution is 5.97. The molecule has 6 nitrogen and oxygen atoms in total. The van der Waals surface area contributed by atoms with Crippen LogP contribution >= 0.6 is 0 Å². The highest BCUT2D eigenvalue weighted by Gasteiger charge is 2.27. The molecule has 1 fully saturated rings. The Kier molecular flexibility index (Phi) is 5.59. The highest BCUT2D eigenvalue weighted by Crippen LogP contribution is 2.17. The largest absolute Gasteiger partial charge is 0.389 e. The zero-order chi connectivity index (χ0) is 18.5. The molecule has 1 aliphatic heterocycles. The maximum absolute atomic E-state index is 12.6. The summed E-state index contributed by atoms with van der Waals surface area (Å²) in [5.74, 6) is -0.242. The number of carbonyl (C=O) groups is 1. The van der Waals surface area contributed by atoms with E-state index in [1.807, 2.05) is 44.3 Å². The topological polar surface area (TPSA) is 81.2 Å². The van der Waals surface area contributed by atoms with Gasteiger partial charge in [-0.15, -0.1) is 0 Å². The molecule has 2 unspecified atom stereocenters. The van der Waals surface area contributed by atoms with E-state index in [0.29, 0.717) is 19.6 Å². The number of H-pyrrole nitrogens is 1. The van der Waals surface area contributed by atoms with E-state index in [9.17, 15) is 10.1 Å². The molecule has 136 valence electrons. The number of nitriles is 1. The van der Waals surface area contributed by atoms with E-state index in [1.165, 1.54) is 17.1 Å². The fourth-order valence-corrected chi connectivity index (χ4v) is 3.38. The lowest BCUT2D eigenvalue weighted by Crippen LogP contribution is -2.48. The van der Waals surface area contributed by atoms with Crippen LogP contribution in [0.1, 0.15) is 19.4 Å². The Morgan fingerprint density at radius 3 is 2.85 bits per heavy atom. The van der Waals surface area contributed by atoms with Crippen LogP contribution < -0.4 is 5.32 Å². The van der Waals surface area contributed by atoms with Crippen molar-refractivity contribution in [2.75, 3.05) is 19.6 Å². The molecule has 1 aliphatic rings. The van der Waals surface area contributed by atoms with Crippen molar-refractivity contribution in [2.45, 2.75) is 32.5 Å². The summed E-state index contributed by atoms with van der Waals surface area (Å²) in [5, 5.41) is 13.6. The molecule has 0 spiro atoms. The van der Waals surface area contributed by atoms with E-state index < -0.39 is 0 Å². The highest BCUT2D eigenvalue weighted by atomic mass is 16.5. The van der Waals surface area contributed by atoms with Crippen molar-refractivity contribution in [2.24, 2.45) is 0 Å². The normalized spacial score (nSPS) is 20.8. The minimum absolute atomic E-state index is 0.0162. The number of aromatic amines is 1. The first-order valence-electron chi connectivity index (χ1n) is 8.92. The van der Waals surface area contributed by atoms with Gasteiger partial charge < -0.3 is 19.9 Å². The molecule has 1 aromatic carbocycles. The van der Waals surface area contributed by atoms with Crippen molar-refractivity contribution in [3.63, 3.8) is 0 Å². The van der Waals surface area contributed by atoms with Gasteiger partial charge in [0.15, 0.2) is 0 Å². The molecule has 0 saturated carbocycles. The van der Waals surface area contributed by atoms with E-state index in [0.717, 1.165) is 11.9 Å². The molecule has 2 atom stereocenters. The third kappa shape index (κ3) is 4.06. The van der Waals surface area contributed by atoms with E-state index in [2.05, 4.69) is 16.4 Å². The summed E-state index contributed by atoms with van der Waals surface area (Å²) in [6.07, 6.45) is 4.30. The number of ether oxygens (including phenoxy) is 1. The first kappa shape index (κ1) is 18.0. The Labute approximate surface area is 153 Å². The monoisotopic (exact) mass is 352 g/mol. The van der Waals surface area contributed by atoms with Crippen molar-refractivity contribution in [3.05, 3.63) is 47.8 Å². The minimum atomic E-state index is -0.242. The molecule has 2 aromatic rings. The van der Waals surface area contributed by atoms with Gasteiger partial charge in [-0.25, -0.2) is 0 Å². The Hall–Kier alpha value is -2.78. The predicted octanol–water partition coefficient (Wildman–Crippen LogP) is 2.34. The van der Waals surface area contributed by atoms with Gasteiger partial charge in [0.05, 0.1) is 12.2 Å². The average Bonchev–Trinajstić information content (AvgIpc) is 3.04. The maximum atomic E-state index is 12.6. The Morgan fingerprint density at radius 1 is 1.38 bits per heavy atom. The predicted molar refractivity (Wildman–Crippen MR) is 100 cm³/mol. The molecule has 6 heteroatoms. The number of fused-ring (bicyclic) bond motifs is 1. The van der Waals surface area contributed by atoms with Gasteiger partial charge in [-0.1, -0.05) is 18.2 Å². The standard InChI is InChI=1S/C20H24N4O2/c1-14-12-24(13-15(2)26-14)20(25)17(9-21)10-22-8-7-16-11-23-19-6-4-3-5-18(16)19/h3-6,10-11,14-15,22-23H,7-8,12-13H2,1-2H3/b17-10-. The van der Waals surface area contributed by atoms with Crippen molar-refractivity contribution in [1.29, 1.82) is 5.26 Å². The Morgan fingerprint density at radius 2 is 2.12 bits per heavy atom. The van der Waals surface area contributed by atoms with E-state index in [4.69, 9.17) is 4.74 Å². The van der Waals surface area contributed by atoms with Crippen LogP contribution in [-0.4, -0.2) is 47.6 Å². The summed E-state index contributed by atoms with van der Waals surface area (Å²) in [6.45, 7) is 5.54. The number of nitrogens with zero attached hydrogens (tertiary/aromatic N) is 2. The zero-order valence-corrected chi connectivity index (χ0v) is 15.2. The third-order valence-electron chi connectivity index (χ3n) is 4.52.